The van der Waals surface area contributed by atoms with Crippen molar-refractivity contribution in [3.63, 3.8) is 0 Å². The van der Waals surface area contributed by atoms with Crippen LogP contribution < -0.4 is 9.44 Å². The topological polar surface area (TPSA) is 92.3 Å². The van der Waals surface area contributed by atoms with E-state index in [2.05, 4.69) is 9.44 Å². The Balaban J connectivity index is 1.81. The van der Waals surface area contributed by atoms with Gasteiger partial charge in [-0.3, -0.25) is 9.44 Å². The maximum Gasteiger partial charge on any atom is 0.262 e. The first-order valence-electron chi connectivity index (χ1n) is 8.55. The molecule has 0 aliphatic rings. The van der Waals surface area contributed by atoms with Crippen LogP contribution in [0.2, 0.25) is 0 Å². The number of aryl methyl sites for hydroxylation is 2. The van der Waals surface area contributed by atoms with Crippen molar-refractivity contribution in [2.75, 3.05) is 9.44 Å². The summed E-state index contributed by atoms with van der Waals surface area (Å²) in [4.78, 5) is 0.101. The van der Waals surface area contributed by atoms with Crippen LogP contribution in [0, 0.1) is 19.7 Å². The van der Waals surface area contributed by atoms with Crippen molar-refractivity contribution in [3.8, 4) is 0 Å². The molecular formula is C20H19FN2O4S2. The summed E-state index contributed by atoms with van der Waals surface area (Å²) in [7, 11) is -7.72. The number of hydrogen-bond acceptors (Lipinski definition) is 4. The van der Waals surface area contributed by atoms with Crippen molar-refractivity contribution in [2.45, 2.75) is 23.6 Å². The van der Waals surface area contributed by atoms with E-state index in [4.69, 9.17) is 0 Å². The lowest BCUT2D eigenvalue weighted by Gasteiger charge is -2.12. The van der Waals surface area contributed by atoms with Crippen LogP contribution in [0.25, 0.3) is 0 Å². The average Bonchev–Trinajstić information content (AvgIpc) is 2.65. The molecule has 6 nitrogen and oxygen atoms in total. The third-order valence-electron chi connectivity index (χ3n) is 4.15. The second-order valence-electron chi connectivity index (χ2n) is 6.51. The Labute approximate surface area is 169 Å². The second-order valence-corrected chi connectivity index (χ2v) is 9.84. The summed E-state index contributed by atoms with van der Waals surface area (Å²) < 4.78 is 67.9. The Morgan fingerprint density at radius 2 is 1.21 bits per heavy atom. The van der Waals surface area contributed by atoms with Crippen molar-refractivity contribution in [2.24, 2.45) is 0 Å². The molecule has 29 heavy (non-hydrogen) atoms. The number of rotatable bonds is 6. The lowest BCUT2D eigenvalue weighted by molar-refractivity contribution is 0.599. The smallest absolute Gasteiger partial charge is 0.262 e. The summed E-state index contributed by atoms with van der Waals surface area (Å²) in [6, 6.07) is 15.3. The molecule has 0 bridgehead atoms. The minimum atomic E-state index is -3.90. The molecule has 0 spiro atoms. The third kappa shape index (κ3) is 4.93. The van der Waals surface area contributed by atoms with Crippen molar-refractivity contribution < 1.29 is 21.2 Å². The largest absolute Gasteiger partial charge is 0.280 e. The zero-order chi connectivity index (χ0) is 21.2. The van der Waals surface area contributed by atoms with Crippen LogP contribution >= 0.6 is 0 Å². The second kappa shape index (κ2) is 7.84. The first-order valence-corrected chi connectivity index (χ1v) is 11.5. The van der Waals surface area contributed by atoms with Crippen LogP contribution in [-0.2, 0) is 20.0 Å². The highest BCUT2D eigenvalue weighted by Crippen LogP contribution is 2.23. The lowest BCUT2D eigenvalue weighted by atomic mass is 10.2. The van der Waals surface area contributed by atoms with Crippen LogP contribution in [0.5, 0.6) is 0 Å². The Morgan fingerprint density at radius 3 is 1.79 bits per heavy atom. The van der Waals surface area contributed by atoms with E-state index in [1.165, 1.54) is 36.4 Å². The maximum absolute atomic E-state index is 13.0. The predicted octanol–water partition coefficient (Wildman–Crippen LogP) is 4.04. The fourth-order valence-corrected chi connectivity index (χ4v) is 5.09. The van der Waals surface area contributed by atoms with Gasteiger partial charge in [0.25, 0.3) is 20.0 Å². The van der Waals surface area contributed by atoms with Gasteiger partial charge >= 0.3 is 0 Å². The van der Waals surface area contributed by atoms with E-state index in [1.807, 2.05) is 6.07 Å². The van der Waals surface area contributed by atoms with Crippen LogP contribution in [0.3, 0.4) is 0 Å². The Bertz CT molecular complexity index is 1240. The van der Waals surface area contributed by atoms with Crippen LogP contribution in [-0.4, -0.2) is 16.8 Å². The van der Waals surface area contributed by atoms with E-state index in [9.17, 15) is 21.2 Å². The van der Waals surface area contributed by atoms with E-state index in [1.54, 1.807) is 26.0 Å². The molecule has 0 aliphatic heterocycles. The summed E-state index contributed by atoms with van der Waals surface area (Å²) in [5.74, 6) is -0.478. The Morgan fingerprint density at radius 1 is 0.690 bits per heavy atom. The molecule has 3 aromatic carbocycles. The lowest BCUT2D eigenvalue weighted by Crippen LogP contribution is -2.15. The first kappa shape index (κ1) is 20.8. The molecule has 0 saturated carbocycles. The monoisotopic (exact) mass is 434 g/mol. The minimum Gasteiger partial charge on any atom is -0.280 e. The van der Waals surface area contributed by atoms with Crippen molar-refractivity contribution in [1.82, 2.24) is 0 Å². The molecule has 0 unspecified atom stereocenters. The Kier molecular flexibility index (Phi) is 5.63. The zero-order valence-electron chi connectivity index (χ0n) is 15.7. The van der Waals surface area contributed by atoms with Crippen LogP contribution in [0.1, 0.15) is 11.1 Å². The molecule has 0 aromatic heterocycles. The molecule has 3 rings (SSSR count). The number of nitrogens with one attached hydrogen (secondary N) is 2. The molecule has 0 amide bonds. The average molecular weight is 435 g/mol. The SMILES string of the molecule is Cc1ccc(C)c(S(=O)(=O)Nc2ccc(S(=O)(=O)Nc3ccc(F)cc3)cc2)c1. The van der Waals surface area contributed by atoms with Gasteiger partial charge in [0.05, 0.1) is 9.79 Å². The van der Waals surface area contributed by atoms with Gasteiger partial charge < -0.3 is 0 Å². The molecule has 0 atom stereocenters. The highest BCUT2D eigenvalue weighted by Gasteiger charge is 2.18. The molecular weight excluding hydrogens is 415 g/mol. The van der Waals surface area contributed by atoms with Crippen molar-refractivity contribution in [1.29, 1.82) is 0 Å². The summed E-state index contributed by atoms with van der Waals surface area (Å²) in [6.07, 6.45) is 0. The molecule has 3 aromatic rings. The first-order chi connectivity index (χ1) is 13.6. The van der Waals surface area contributed by atoms with E-state index in [0.717, 1.165) is 17.7 Å². The van der Waals surface area contributed by atoms with Gasteiger partial charge in [-0.1, -0.05) is 12.1 Å². The number of halogens is 1. The predicted molar refractivity (Wildman–Crippen MR) is 110 cm³/mol. The van der Waals surface area contributed by atoms with E-state index < -0.39 is 25.9 Å². The van der Waals surface area contributed by atoms with Gasteiger partial charge in [-0.15, -0.1) is 0 Å². The van der Waals surface area contributed by atoms with Gasteiger partial charge in [-0.25, -0.2) is 21.2 Å². The van der Waals surface area contributed by atoms with Crippen molar-refractivity contribution in [3.05, 3.63) is 83.7 Å². The van der Waals surface area contributed by atoms with Gasteiger partial charge in [0.15, 0.2) is 0 Å². The zero-order valence-corrected chi connectivity index (χ0v) is 17.3. The molecule has 152 valence electrons. The third-order valence-corrected chi connectivity index (χ3v) is 7.07. The normalized spacial score (nSPS) is 11.8. The van der Waals surface area contributed by atoms with Gasteiger partial charge in [0, 0.05) is 11.4 Å². The summed E-state index contributed by atoms with van der Waals surface area (Å²) in [6.45, 7) is 3.50. The number of hydrogen-bond donors (Lipinski definition) is 2. The van der Waals surface area contributed by atoms with Crippen molar-refractivity contribution >= 4 is 31.4 Å². The van der Waals surface area contributed by atoms with Gasteiger partial charge in [-0.2, -0.15) is 0 Å². The van der Waals surface area contributed by atoms with Gasteiger partial charge in [0.1, 0.15) is 5.82 Å². The fraction of sp³-hybridized carbons (Fsp3) is 0.100. The fourth-order valence-electron chi connectivity index (χ4n) is 2.64. The molecule has 0 radical (unpaired) electrons. The standard InChI is InChI=1S/C20H19FN2O4S2/c1-14-3-4-15(2)20(13-14)29(26,27)23-18-9-11-19(12-10-18)28(24,25)22-17-7-5-16(21)6-8-17/h3-13,22-23H,1-2H3. The van der Waals surface area contributed by atoms with Crippen LogP contribution in [0.15, 0.2) is 76.5 Å². The maximum atomic E-state index is 13.0. The molecule has 0 saturated heterocycles. The molecule has 0 aliphatic carbocycles. The molecule has 9 heteroatoms. The highest BCUT2D eigenvalue weighted by atomic mass is 32.2. The summed E-state index contributed by atoms with van der Waals surface area (Å²) in [5.41, 5.74) is 1.85. The van der Waals surface area contributed by atoms with E-state index in [0.29, 0.717) is 5.56 Å². The number of sulfonamides is 2. The molecule has 0 fully saturated rings. The van der Waals surface area contributed by atoms with Gasteiger partial charge in [0.2, 0.25) is 0 Å². The summed E-state index contributed by atoms with van der Waals surface area (Å²) in [5, 5.41) is 0. The quantitative estimate of drug-likeness (QED) is 0.612. The summed E-state index contributed by atoms with van der Waals surface area (Å²) >= 11 is 0. The molecule has 0 heterocycles. The van der Waals surface area contributed by atoms with Gasteiger partial charge in [-0.05, 0) is 79.6 Å². The number of benzene rings is 3. The van der Waals surface area contributed by atoms with Crippen LogP contribution in [0.4, 0.5) is 15.8 Å². The number of anilines is 2. The highest BCUT2D eigenvalue weighted by molar-refractivity contribution is 7.93. The minimum absolute atomic E-state index is 0.0588. The molecule has 2 N–H and O–H groups in total. The van der Waals surface area contributed by atoms with E-state index in [-0.39, 0.29) is 21.2 Å². The van der Waals surface area contributed by atoms with E-state index >= 15 is 0 Å². The Hall–Kier alpha value is -2.91.